The molecule has 4 N–H and O–H groups in total. The summed E-state index contributed by atoms with van der Waals surface area (Å²) in [5.74, 6) is -2.17. The van der Waals surface area contributed by atoms with Crippen LogP contribution in [-0.2, 0) is 19.1 Å². The van der Waals surface area contributed by atoms with Gasteiger partial charge in [-0.15, -0.1) is 0 Å². The van der Waals surface area contributed by atoms with E-state index < -0.39 is 29.9 Å². The Balaban J connectivity index is 3.48. The average Bonchev–Trinajstić information content (AvgIpc) is 2.78. The number of nitrogens with two attached hydrogens (primary N) is 1. The Morgan fingerprint density at radius 3 is 1.61 bits per heavy atom. The van der Waals surface area contributed by atoms with E-state index >= 15 is 0 Å². The van der Waals surface area contributed by atoms with Gasteiger partial charge in [0.05, 0.1) is 12.6 Å². The van der Waals surface area contributed by atoms with Gasteiger partial charge >= 0.3 is 11.9 Å². The summed E-state index contributed by atoms with van der Waals surface area (Å²) in [6, 6.07) is -1.93. The summed E-state index contributed by atoms with van der Waals surface area (Å²) in [5, 5.41) is 11.5. The molecule has 1 amide bonds. The van der Waals surface area contributed by atoms with Crippen LogP contribution in [0, 0.1) is 0 Å². The number of hydrogen-bond acceptors (Lipinski definition) is 5. The van der Waals surface area contributed by atoms with Gasteiger partial charge in [-0.1, -0.05) is 103 Å². The molecule has 0 heterocycles. The maximum absolute atomic E-state index is 11.8. The molecule has 194 valence electrons. The lowest BCUT2D eigenvalue weighted by atomic mass is 10.0. The molecule has 0 spiro atoms. The lowest BCUT2D eigenvalue weighted by Gasteiger charge is -2.15. The van der Waals surface area contributed by atoms with E-state index in [9.17, 15) is 14.4 Å². The number of amides is 1. The number of carboxylic acids is 1. The first-order valence-corrected chi connectivity index (χ1v) is 13.3. The van der Waals surface area contributed by atoms with Gasteiger partial charge in [0.15, 0.2) is 0 Å². The van der Waals surface area contributed by atoms with E-state index in [4.69, 9.17) is 15.6 Å². The molecule has 0 unspecified atom stereocenters. The van der Waals surface area contributed by atoms with Crippen molar-refractivity contribution >= 4 is 17.8 Å². The van der Waals surface area contributed by atoms with Crippen LogP contribution >= 0.6 is 0 Å². The molecule has 0 fully saturated rings. The van der Waals surface area contributed by atoms with E-state index in [0.29, 0.717) is 6.61 Å². The molecule has 0 bridgehead atoms. The zero-order valence-electron chi connectivity index (χ0n) is 21.2. The fourth-order valence-electron chi connectivity index (χ4n) is 3.73. The SMILES string of the molecule is CCCCCCCCCCCCCCCCCCOC(=O)CC[C@@H](NC(=O)[C@H](C)N)C(=O)O. The standard InChI is InChI=1S/C26H50N2O5/c1-3-4-5-6-7-8-9-10-11-12-13-14-15-16-17-18-21-33-24(29)20-19-23(26(31)32)28-25(30)22(2)27/h22-23H,3-21,27H2,1-2H3,(H,28,30)(H,31,32)/t22-,23+/m0/s1. The number of ether oxygens (including phenoxy) is 1. The summed E-state index contributed by atoms with van der Waals surface area (Å²) < 4.78 is 5.17. The molecule has 0 radical (unpaired) electrons. The van der Waals surface area contributed by atoms with Crippen molar-refractivity contribution in [2.75, 3.05) is 6.61 Å². The Bertz CT molecular complexity index is 511. The summed E-state index contributed by atoms with van der Waals surface area (Å²) >= 11 is 0. The minimum Gasteiger partial charge on any atom is -0.480 e. The molecule has 0 aliphatic rings. The van der Waals surface area contributed by atoms with E-state index in [2.05, 4.69) is 12.2 Å². The Hall–Kier alpha value is -1.63. The summed E-state index contributed by atoms with van der Waals surface area (Å²) in [6.45, 7) is 4.10. The predicted molar refractivity (Wildman–Crippen MR) is 133 cm³/mol. The molecule has 0 rings (SSSR count). The zero-order chi connectivity index (χ0) is 24.7. The second-order valence-electron chi connectivity index (χ2n) is 9.25. The maximum Gasteiger partial charge on any atom is 0.326 e. The smallest absolute Gasteiger partial charge is 0.326 e. The first-order valence-electron chi connectivity index (χ1n) is 13.3. The van der Waals surface area contributed by atoms with Crippen LogP contribution < -0.4 is 11.1 Å². The van der Waals surface area contributed by atoms with E-state index in [1.165, 1.54) is 90.4 Å². The Morgan fingerprint density at radius 2 is 1.21 bits per heavy atom. The van der Waals surface area contributed by atoms with Crippen molar-refractivity contribution < 1.29 is 24.2 Å². The van der Waals surface area contributed by atoms with Gasteiger partial charge < -0.3 is 20.9 Å². The van der Waals surface area contributed by atoms with Crippen molar-refractivity contribution in [3.8, 4) is 0 Å². The van der Waals surface area contributed by atoms with Crippen molar-refractivity contribution in [3.05, 3.63) is 0 Å². The number of hydrogen-bond donors (Lipinski definition) is 3. The van der Waals surface area contributed by atoms with Crippen molar-refractivity contribution in [1.29, 1.82) is 0 Å². The first kappa shape index (κ1) is 31.4. The maximum atomic E-state index is 11.8. The van der Waals surface area contributed by atoms with Crippen molar-refractivity contribution in [1.82, 2.24) is 5.32 Å². The highest BCUT2D eigenvalue weighted by atomic mass is 16.5. The van der Waals surface area contributed by atoms with Crippen LogP contribution in [0.3, 0.4) is 0 Å². The summed E-state index contributed by atoms with van der Waals surface area (Å²) in [7, 11) is 0. The molecule has 0 saturated heterocycles. The number of carbonyl (C=O) groups excluding carboxylic acids is 2. The van der Waals surface area contributed by atoms with Crippen molar-refractivity contribution in [2.45, 2.75) is 142 Å². The molecule has 7 heteroatoms. The molecule has 0 aromatic heterocycles. The lowest BCUT2D eigenvalue weighted by Crippen LogP contribution is -2.47. The Morgan fingerprint density at radius 1 is 0.788 bits per heavy atom. The number of esters is 1. The number of nitrogens with one attached hydrogen (secondary N) is 1. The van der Waals surface area contributed by atoms with Crippen LogP contribution in [0.5, 0.6) is 0 Å². The molecule has 0 aliphatic carbocycles. The van der Waals surface area contributed by atoms with Gasteiger partial charge in [-0.25, -0.2) is 4.79 Å². The van der Waals surface area contributed by atoms with E-state index in [0.717, 1.165) is 19.3 Å². The third kappa shape index (κ3) is 20.7. The number of aliphatic carboxylic acids is 1. The molecule has 0 aliphatic heterocycles. The fourth-order valence-corrected chi connectivity index (χ4v) is 3.73. The monoisotopic (exact) mass is 470 g/mol. The first-order chi connectivity index (χ1) is 15.9. The van der Waals surface area contributed by atoms with Crippen LogP contribution in [0.2, 0.25) is 0 Å². The quantitative estimate of drug-likeness (QED) is 0.134. The number of rotatable bonds is 23. The molecule has 0 saturated carbocycles. The molecule has 2 atom stereocenters. The highest BCUT2D eigenvalue weighted by Gasteiger charge is 2.22. The van der Waals surface area contributed by atoms with Gasteiger partial charge in [-0.2, -0.15) is 0 Å². The van der Waals surface area contributed by atoms with Crippen molar-refractivity contribution in [2.24, 2.45) is 5.73 Å². The second-order valence-corrected chi connectivity index (χ2v) is 9.25. The normalized spacial score (nSPS) is 12.8. The highest BCUT2D eigenvalue weighted by Crippen LogP contribution is 2.13. The Labute approximate surface area is 201 Å². The highest BCUT2D eigenvalue weighted by molar-refractivity contribution is 5.86. The third-order valence-electron chi connectivity index (χ3n) is 5.93. The molecule has 0 aromatic rings. The number of unbranched alkanes of at least 4 members (excludes halogenated alkanes) is 15. The van der Waals surface area contributed by atoms with E-state index in [-0.39, 0.29) is 12.8 Å². The number of carbonyl (C=O) groups is 3. The predicted octanol–water partition coefficient (Wildman–Crippen LogP) is 5.49. The van der Waals surface area contributed by atoms with Crippen LogP contribution in [-0.4, -0.2) is 41.6 Å². The Kier molecular flexibility index (Phi) is 21.1. The van der Waals surface area contributed by atoms with Gasteiger partial charge in [0.1, 0.15) is 6.04 Å². The minimum atomic E-state index is -1.19. The third-order valence-corrected chi connectivity index (χ3v) is 5.93. The lowest BCUT2D eigenvalue weighted by molar-refractivity contribution is -0.145. The van der Waals surface area contributed by atoms with Crippen molar-refractivity contribution in [3.63, 3.8) is 0 Å². The van der Waals surface area contributed by atoms with Crippen LogP contribution in [0.25, 0.3) is 0 Å². The molecule has 33 heavy (non-hydrogen) atoms. The van der Waals surface area contributed by atoms with E-state index in [1.54, 1.807) is 0 Å². The summed E-state index contributed by atoms with van der Waals surface area (Å²) in [4.78, 5) is 34.5. The summed E-state index contributed by atoms with van der Waals surface area (Å²) in [5.41, 5.74) is 5.42. The van der Waals surface area contributed by atoms with Gasteiger partial charge in [0.2, 0.25) is 5.91 Å². The van der Waals surface area contributed by atoms with Crippen LogP contribution in [0.15, 0.2) is 0 Å². The topological polar surface area (TPSA) is 119 Å². The largest absolute Gasteiger partial charge is 0.480 e. The molecule has 0 aromatic carbocycles. The second kappa shape index (κ2) is 22.2. The van der Waals surface area contributed by atoms with Gasteiger partial charge in [0.25, 0.3) is 0 Å². The van der Waals surface area contributed by atoms with E-state index in [1.807, 2.05) is 0 Å². The molecular formula is C26H50N2O5. The molecular weight excluding hydrogens is 420 g/mol. The van der Waals surface area contributed by atoms with Gasteiger partial charge in [-0.05, 0) is 19.8 Å². The molecule has 7 nitrogen and oxygen atoms in total. The van der Waals surface area contributed by atoms with Crippen LogP contribution in [0.1, 0.15) is 129 Å². The van der Waals surface area contributed by atoms with Gasteiger partial charge in [-0.3, -0.25) is 9.59 Å². The number of carboxylic acid groups (broad SMARTS) is 1. The zero-order valence-corrected chi connectivity index (χ0v) is 21.2. The van der Waals surface area contributed by atoms with Gasteiger partial charge in [0, 0.05) is 6.42 Å². The average molecular weight is 471 g/mol. The fraction of sp³-hybridized carbons (Fsp3) is 0.885. The minimum absolute atomic E-state index is 0.00835. The summed E-state index contributed by atoms with van der Waals surface area (Å²) in [6.07, 6.45) is 20.6. The van der Waals surface area contributed by atoms with Crippen LogP contribution in [0.4, 0.5) is 0 Å².